The highest BCUT2D eigenvalue weighted by molar-refractivity contribution is 7.91. The number of nitrogens with zero attached hydrogens (tertiary/aromatic N) is 2. The van der Waals surface area contributed by atoms with Crippen LogP contribution in [0.25, 0.3) is 0 Å². The SMILES string of the molecule is O=C(NC(CC(=O)N1CCN(C2CCS(=O)(=O)C2)CC1)c1ccccc1)c1ccccc1. The number of benzene rings is 2. The van der Waals surface area contributed by atoms with E-state index in [-0.39, 0.29) is 35.8 Å². The molecule has 0 aromatic heterocycles. The molecular formula is C24H29N3O4S. The highest BCUT2D eigenvalue weighted by Gasteiger charge is 2.34. The molecule has 7 nitrogen and oxygen atoms in total. The van der Waals surface area contributed by atoms with Crippen LogP contribution in [-0.4, -0.2) is 73.8 Å². The second-order valence-corrected chi connectivity index (χ2v) is 10.7. The summed E-state index contributed by atoms with van der Waals surface area (Å²) in [7, 11) is -2.92. The third kappa shape index (κ3) is 5.55. The molecule has 4 rings (SSSR count). The second kappa shape index (κ2) is 9.83. The molecule has 2 aliphatic rings. The molecule has 2 saturated heterocycles. The van der Waals surface area contributed by atoms with Crippen LogP contribution in [0.3, 0.4) is 0 Å². The van der Waals surface area contributed by atoms with E-state index in [2.05, 4.69) is 10.2 Å². The number of rotatable bonds is 6. The van der Waals surface area contributed by atoms with Gasteiger partial charge in [-0.15, -0.1) is 0 Å². The number of nitrogens with one attached hydrogen (secondary N) is 1. The minimum absolute atomic E-state index is 0.00842. The monoisotopic (exact) mass is 455 g/mol. The molecule has 2 aliphatic heterocycles. The Morgan fingerprint density at radius 3 is 2.16 bits per heavy atom. The fourth-order valence-electron chi connectivity index (χ4n) is 4.47. The molecule has 0 bridgehead atoms. The van der Waals surface area contributed by atoms with E-state index in [1.807, 2.05) is 53.4 Å². The van der Waals surface area contributed by atoms with Gasteiger partial charge in [-0.25, -0.2) is 8.42 Å². The van der Waals surface area contributed by atoms with Gasteiger partial charge in [-0.05, 0) is 24.1 Å². The Morgan fingerprint density at radius 2 is 1.56 bits per heavy atom. The Bertz CT molecular complexity index is 1040. The summed E-state index contributed by atoms with van der Waals surface area (Å²) >= 11 is 0. The molecule has 2 aromatic carbocycles. The lowest BCUT2D eigenvalue weighted by molar-refractivity contribution is -0.133. The zero-order valence-electron chi connectivity index (χ0n) is 18.0. The molecule has 2 atom stereocenters. The first-order valence-electron chi connectivity index (χ1n) is 11.0. The van der Waals surface area contributed by atoms with Crippen molar-refractivity contribution in [1.29, 1.82) is 0 Å². The molecule has 0 radical (unpaired) electrons. The largest absolute Gasteiger partial charge is 0.345 e. The topological polar surface area (TPSA) is 86.8 Å². The lowest BCUT2D eigenvalue weighted by atomic mass is 10.0. The van der Waals surface area contributed by atoms with Crippen LogP contribution in [0.2, 0.25) is 0 Å². The smallest absolute Gasteiger partial charge is 0.251 e. The molecule has 2 amide bonds. The van der Waals surface area contributed by atoms with E-state index in [4.69, 9.17) is 0 Å². The summed E-state index contributed by atoms with van der Waals surface area (Å²) in [6.45, 7) is 2.50. The van der Waals surface area contributed by atoms with E-state index in [0.29, 0.717) is 38.2 Å². The van der Waals surface area contributed by atoms with Crippen molar-refractivity contribution < 1.29 is 18.0 Å². The molecule has 2 heterocycles. The van der Waals surface area contributed by atoms with Crippen LogP contribution >= 0.6 is 0 Å². The maximum Gasteiger partial charge on any atom is 0.251 e. The number of carbonyl (C=O) groups is 2. The van der Waals surface area contributed by atoms with Gasteiger partial charge >= 0.3 is 0 Å². The minimum Gasteiger partial charge on any atom is -0.345 e. The molecule has 2 unspecified atom stereocenters. The lowest BCUT2D eigenvalue weighted by Crippen LogP contribution is -2.52. The zero-order chi connectivity index (χ0) is 22.6. The molecule has 2 aromatic rings. The maximum atomic E-state index is 13.1. The molecule has 8 heteroatoms. The Labute approximate surface area is 189 Å². The number of hydrogen-bond donors (Lipinski definition) is 1. The normalized spacial score (nSPS) is 21.8. The van der Waals surface area contributed by atoms with Gasteiger partial charge in [-0.1, -0.05) is 48.5 Å². The highest BCUT2D eigenvalue weighted by Crippen LogP contribution is 2.22. The Balaban J connectivity index is 1.38. The van der Waals surface area contributed by atoms with Gasteiger partial charge in [0.2, 0.25) is 5.91 Å². The number of sulfone groups is 1. The second-order valence-electron chi connectivity index (χ2n) is 8.48. The quantitative estimate of drug-likeness (QED) is 0.719. The van der Waals surface area contributed by atoms with Crippen molar-refractivity contribution in [2.24, 2.45) is 0 Å². The van der Waals surface area contributed by atoms with Crippen molar-refractivity contribution >= 4 is 21.7 Å². The first-order valence-corrected chi connectivity index (χ1v) is 12.9. The molecule has 0 spiro atoms. The predicted molar refractivity (Wildman–Crippen MR) is 123 cm³/mol. The van der Waals surface area contributed by atoms with Crippen molar-refractivity contribution in [3.05, 3.63) is 71.8 Å². The fourth-order valence-corrected chi connectivity index (χ4v) is 6.23. The molecular weight excluding hydrogens is 426 g/mol. The molecule has 32 heavy (non-hydrogen) atoms. The Hall–Kier alpha value is -2.71. The molecule has 1 N–H and O–H groups in total. The van der Waals surface area contributed by atoms with Crippen LogP contribution in [0.15, 0.2) is 60.7 Å². The number of carbonyl (C=O) groups excluding carboxylic acids is 2. The van der Waals surface area contributed by atoms with Crippen molar-refractivity contribution in [2.45, 2.75) is 24.9 Å². The van der Waals surface area contributed by atoms with Crippen LogP contribution in [0.4, 0.5) is 0 Å². The van der Waals surface area contributed by atoms with Crippen molar-refractivity contribution in [3.63, 3.8) is 0 Å². The highest BCUT2D eigenvalue weighted by atomic mass is 32.2. The van der Waals surface area contributed by atoms with E-state index in [0.717, 1.165) is 5.56 Å². The van der Waals surface area contributed by atoms with Crippen LogP contribution < -0.4 is 5.32 Å². The van der Waals surface area contributed by atoms with E-state index in [9.17, 15) is 18.0 Å². The van der Waals surface area contributed by atoms with Crippen molar-refractivity contribution in [1.82, 2.24) is 15.1 Å². The summed E-state index contributed by atoms with van der Waals surface area (Å²) in [5.41, 5.74) is 1.45. The minimum atomic E-state index is -2.92. The Kier molecular flexibility index (Phi) is 6.91. The summed E-state index contributed by atoms with van der Waals surface area (Å²) in [6, 6.07) is 18.2. The average Bonchev–Trinajstić information content (AvgIpc) is 3.19. The number of amides is 2. The lowest BCUT2D eigenvalue weighted by Gasteiger charge is -2.38. The predicted octanol–water partition coefficient (Wildman–Crippen LogP) is 1.88. The van der Waals surface area contributed by atoms with Gasteiger partial charge in [0.1, 0.15) is 0 Å². The van der Waals surface area contributed by atoms with Gasteiger partial charge in [-0.2, -0.15) is 0 Å². The third-order valence-corrected chi connectivity index (χ3v) is 8.06. The van der Waals surface area contributed by atoms with Gasteiger partial charge in [0.05, 0.1) is 24.0 Å². The van der Waals surface area contributed by atoms with Crippen LogP contribution in [0.1, 0.15) is 34.8 Å². The number of piperazine rings is 1. The van der Waals surface area contributed by atoms with Gasteiger partial charge in [-0.3, -0.25) is 14.5 Å². The van der Waals surface area contributed by atoms with Crippen LogP contribution in [0.5, 0.6) is 0 Å². The van der Waals surface area contributed by atoms with Gasteiger partial charge in [0, 0.05) is 37.8 Å². The summed E-state index contributed by atoms with van der Waals surface area (Å²) < 4.78 is 23.6. The summed E-state index contributed by atoms with van der Waals surface area (Å²) in [4.78, 5) is 29.8. The van der Waals surface area contributed by atoms with Gasteiger partial charge in [0.15, 0.2) is 9.84 Å². The standard InChI is InChI=1S/C24H29N3O4S/c28-23(27-14-12-26(13-15-27)21-11-16-32(30,31)18-21)17-22(19-7-3-1-4-8-19)25-24(29)20-9-5-2-6-10-20/h1-10,21-22H,11-18H2,(H,25,29). The first-order chi connectivity index (χ1) is 15.4. The Morgan fingerprint density at radius 1 is 0.938 bits per heavy atom. The van der Waals surface area contributed by atoms with Crippen molar-refractivity contribution in [3.8, 4) is 0 Å². The van der Waals surface area contributed by atoms with Crippen LogP contribution in [0, 0.1) is 0 Å². The first kappa shape index (κ1) is 22.5. The molecule has 0 aliphatic carbocycles. The average molecular weight is 456 g/mol. The molecule has 170 valence electrons. The van der Waals surface area contributed by atoms with E-state index in [1.165, 1.54) is 0 Å². The van der Waals surface area contributed by atoms with Gasteiger partial charge < -0.3 is 10.2 Å². The third-order valence-electron chi connectivity index (χ3n) is 6.31. The van der Waals surface area contributed by atoms with Crippen molar-refractivity contribution in [2.75, 3.05) is 37.7 Å². The molecule has 0 saturated carbocycles. The summed E-state index contributed by atoms with van der Waals surface area (Å²) in [5, 5.41) is 3.02. The number of hydrogen-bond acceptors (Lipinski definition) is 5. The van der Waals surface area contributed by atoms with E-state index in [1.54, 1.807) is 12.1 Å². The fraction of sp³-hybridized carbons (Fsp3) is 0.417. The van der Waals surface area contributed by atoms with E-state index >= 15 is 0 Å². The van der Waals surface area contributed by atoms with Crippen LogP contribution in [-0.2, 0) is 14.6 Å². The van der Waals surface area contributed by atoms with Gasteiger partial charge in [0.25, 0.3) is 5.91 Å². The summed E-state index contributed by atoms with van der Waals surface area (Å²) in [6.07, 6.45) is 0.859. The summed E-state index contributed by atoms with van der Waals surface area (Å²) in [5.74, 6) is 0.268. The van der Waals surface area contributed by atoms with E-state index < -0.39 is 15.9 Å². The molecule has 2 fully saturated rings. The zero-order valence-corrected chi connectivity index (χ0v) is 18.8. The maximum absolute atomic E-state index is 13.1.